The van der Waals surface area contributed by atoms with Gasteiger partial charge in [-0.05, 0) is 26.0 Å². The van der Waals surface area contributed by atoms with Gasteiger partial charge in [0.1, 0.15) is 6.26 Å². The van der Waals surface area contributed by atoms with Gasteiger partial charge in [-0.3, -0.25) is 9.59 Å². The number of ether oxygens (including phenoxy) is 1. The third-order valence-corrected chi connectivity index (χ3v) is 2.93. The van der Waals surface area contributed by atoms with Crippen LogP contribution in [-0.4, -0.2) is 29.5 Å². The fourth-order valence-electron chi connectivity index (χ4n) is 1.95. The van der Waals surface area contributed by atoms with E-state index in [0.717, 1.165) is 5.56 Å². The van der Waals surface area contributed by atoms with Gasteiger partial charge in [0.25, 0.3) is 0 Å². The monoisotopic (exact) mass is 316 g/mol. The summed E-state index contributed by atoms with van der Waals surface area (Å²) in [4.78, 5) is 27.5. The van der Waals surface area contributed by atoms with E-state index in [9.17, 15) is 9.59 Å². The number of hydrogen-bond donors (Lipinski definition) is 1. The Bertz CT molecular complexity index is 650. The van der Waals surface area contributed by atoms with Crippen LogP contribution in [0.2, 0.25) is 0 Å². The first-order valence-electron chi connectivity index (χ1n) is 7.50. The second kappa shape index (κ2) is 8.12. The van der Waals surface area contributed by atoms with Gasteiger partial charge in [0.15, 0.2) is 0 Å². The van der Waals surface area contributed by atoms with Crippen molar-refractivity contribution in [1.82, 2.24) is 10.3 Å². The first-order valence-corrected chi connectivity index (χ1v) is 7.50. The van der Waals surface area contributed by atoms with E-state index in [1.165, 1.54) is 6.26 Å². The molecule has 0 spiro atoms. The number of carbonyl (C=O) groups excluding carboxylic acids is 2. The predicted molar refractivity (Wildman–Crippen MR) is 84.5 cm³/mol. The molecule has 0 saturated carbocycles. The lowest BCUT2D eigenvalue weighted by Crippen LogP contribution is -2.28. The van der Waals surface area contributed by atoms with Crippen molar-refractivity contribution in [3.8, 4) is 11.5 Å². The summed E-state index contributed by atoms with van der Waals surface area (Å²) in [6.07, 6.45) is 1.58. The molecular formula is C17H20N2O4. The van der Waals surface area contributed by atoms with Crippen LogP contribution >= 0.6 is 0 Å². The highest BCUT2D eigenvalue weighted by atomic mass is 16.5. The fraction of sp³-hybridized carbons (Fsp3) is 0.353. The fourth-order valence-corrected chi connectivity index (χ4v) is 1.95. The zero-order chi connectivity index (χ0) is 16.7. The van der Waals surface area contributed by atoms with Gasteiger partial charge in [-0.25, -0.2) is 4.98 Å². The maximum atomic E-state index is 11.8. The number of esters is 1. The van der Waals surface area contributed by atoms with Gasteiger partial charge >= 0.3 is 5.97 Å². The molecule has 0 radical (unpaired) electrons. The number of nitrogens with zero attached hydrogens (tertiary/aromatic N) is 1. The van der Waals surface area contributed by atoms with Crippen molar-refractivity contribution in [3.63, 3.8) is 0 Å². The number of carbonyl (C=O) groups is 2. The molecule has 1 amide bonds. The predicted octanol–water partition coefficient (Wildman–Crippen LogP) is 2.34. The smallest absolute Gasteiger partial charge is 0.307 e. The highest BCUT2D eigenvalue weighted by Gasteiger charge is 2.11. The zero-order valence-corrected chi connectivity index (χ0v) is 13.2. The molecule has 0 saturated heterocycles. The molecule has 6 heteroatoms. The largest absolute Gasteiger partial charge is 0.463 e. The summed E-state index contributed by atoms with van der Waals surface area (Å²) in [6.45, 7) is 3.81. The Labute approximate surface area is 134 Å². The van der Waals surface area contributed by atoms with Gasteiger partial charge in [0.2, 0.25) is 11.8 Å². The second-order valence-electron chi connectivity index (χ2n) is 5.33. The first kappa shape index (κ1) is 16.7. The molecule has 2 rings (SSSR count). The molecule has 0 unspecified atom stereocenters. The van der Waals surface area contributed by atoms with Gasteiger partial charge in [0.05, 0.1) is 24.6 Å². The molecule has 1 aromatic heterocycles. The van der Waals surface area contributed by atoms with Crippen molar-refractivity contribution in [2.24, 2.45) is 0 Å². The van der Waals surface area contributed by atoms with E-state index in [1.807, 2.05) is 30.3 Å². The van der Waals surface area contributed by atoms with Crippen LogP contribution in [0.3, 0.4) is 0 Å². The number of aromatic nitrogens is 1. The highest BCUT2D eigenvalue weighted by molar-refractivity contribution is 5.79. The van der Waals surface area contributed by atoms with Crippen LogP contribution in [0.1, 0.15) is 26.0 Å². The lowest BCUT2D eigenvalue weighted by atomic mass is 10.2. The Hall–Kier alpha value is -2.63. The van der Waals surface area contributed by atoms with E-state index >= 15 is 0 Å². The maximum absolute atomic E-state index is 11.8. The van der Waals surface area contributed by atoms with E-state index in [4.69, 9.17) is 9.15 Å². The Morgan fingerprint density at radius 2 is 2.00 bits per heavy atom. The molecule has 1 N–H and O–H groups in total. The van der Waals surface area contributed by atoms with Crippen molar-refractivity contribution >= 4 is 11.9 Å². The van der Waals surface area contributed by atoms with Gasteiger partial charge in [0, 0.05) is 12.1 Å². The Kier molecular flexibility index (Phi) is 5.91. The number of nitrogens with one attached hydrogen (secondary N) is 1. The minimum Gasteiger partial charge on any atom is -0.463 e. The van der Waals surface area contributed by atoms with E-state index < -0.39 is 0 Å². The van der Waals surface area contributed by atoms with Crippen LogP contribution in [0, 0.1) is 0 Å². The molecule has 1 heterocycles. The van der Waals surface area contributed by atoms with E-state index in [1.54, 1.807) is 13.8 Å². The molecule has 0 aliphatic carbocycles. The Balaban J connectivity index is 1.78. The molecule has 2 aromatic rings. The van der Waals surface area contributed by atoms with Crippen molar-refractivity contribution < 1.29 is 18.7 Å². The van der Waals surface area contributed by atoms with Crippen LogP contribution in [0.5, 0.6) is 0 Å². The average molecular weight is 316 g/mol. The molecule has 0 aliphatic heterocycles. The number of amides is 1. The summed E-state index contributed by atoms with van der Waals surface area (Å²) in [6, 6.07) is 9.46. The van der Waals surface area contributed by atoms with E-state index in [0.29, 0.717) is 11.6 Å². The average Bonchev–Trinajstić information content (AvgIpc) is 2.95. The normalized spacial score (nSPS) is 10.6. The van der Waals surface area contributed by atoms with E-state index in [-0.39, 0.29) is 37.4 Å². The van der Waals surface area contributed by atoms with E-state index in [2.05, 4.69) is 10.3 Å². The minimum absolute atomic E-state index is 0.107. The Morgan fingerprint density at radius 3 is 2.70 bits per heavy atom. The van der Waals surface area contributed by atoms with Gasteiger partial charge in [-0.1, -0.05) is 18.2 Å². The van der Waals surface area contributed by atoms with Crippen LogP contribution in [0.25, 0.3) is 11.5 Å². The van der Waals surface area contributed by atoms with Crippen molar-refractivity contribution in [3.05, 3.63) is 42.3 Å². The topological polar surface area (TPSA) is 81.4 Å². The summed E-state index contributed by atoms with van der Waals surface area (Å²) in [5, 5.41) is 2.66. The highest BCUT2D eigenvalue weighted by Crippen LogP contribution is 2.17. The lowest BCUT2D eigenvalue weighted by molar-refractivity contribution is -0.147. The van der Waals surface area contributed by atoms with Gasteiger partial charge < -0.3 is 14.5 Å². The summed E-state index contributed by atoms with van der Waals surface area (Å²) < 4.78 is 10.4. The third kappa shape index (κ3) is 5.58. The molecule has 0 atom stereocenters. The Morgan fingerprint density at radius 1 is 1.26 bits per heavy atom. The quantitative estimate of drug-likeness (QED) is 0.793. The van der Waals surface area contributed by atoms with Crippen LogP contribution < -0.4 is 5.32 Å². The number of oxazole rings is 1. The minimum atomic E-state index is -0.326. The molecule has 0 aliphatic rings. The van der Waals surface area contributed by atoms with Gasteiger partial charge in [-0.2, -0.15) is 0 Å². The second-order valence-corrected chi connectivity index (χ2v) is 5.33. The third-order valence-electron chi connectivity index (χ3n) is 2.93. The van der Waals surface area contributed by atoms with Gasteiger partial charge in [-0.15, -0.1) is 0 Å². The van der Waals surface area contributed by atoms with Crippen LogP contribution in [0.4, 0.5) is 0 Å². The summed E-state index contributed by atoms with van der Waals surface area (Å²) in [5.74, 6) is -0.0581. The van der Waals surface area contributed by atoms with Crippen LogP contribution in [0.15, 0.2) is 41.0 Å². The van der Waals surface area contributed by atoms with Crippen molar-refractivity contribution in [2.45, 2.75) is 32.8 Å². The standard InChI is InChI=1S/C17H20N2O4/c1-12(2)23-16(21)8-9-18-15(20)10-14-11-22-17(19-14)13-6-4-3-5-7-13/h3-7,11-12H,8-10H2,1-2H3,(H,18,20). The summed E-state index contributed by atoms with van der Waals surface area (Å²) >= 11 is 0. The van der Waals surface area contributed by atoms with Crippen molar-refractivity contribution in [1.29, 1.82) is 0 Å². The maximum Gasteiger partial charge on any atom is 0.307 e. The number of benzene rings is 1. The van der Waals surface area contributed by atoms with Crippen molar-refractivity contribution in [2.75, 3.05) is 6.54 Å². The number of rotatable bonds is 7. The molecule has 122 valence electrons. The number of hydrogen-bond acceptors (Lipinski definition) is 5. The molecule has 0 fully saturated rings. The molecule has 0 bridgehead atoms. The molecular weight excluding hydrogens is 296 g/mol. The molecule has 1 aromatic carbocycles. The summed E-state index contributed by atoms with van der Waals surface area (Å²) in [5.41, 5.74) is 1.40. The molecule has 23 heavy (non-hydrogen) atoms. The first-order chi connectivity index (χ1) is 11.0. The molecule has 6 nitrogen and oxygen atoms in total. The summed E-state index contributed by atoms with van der Waals surface area (Å²) in [7, 11) is 0. The zero-order valence-electron chi connectivity index (χ0n) is 13.2. The SMILES string of the molecule is CC(C)OC(=O)CCNC(=O)Cc1coc(-c2ccccc2)n1. The van der Waals surface area contributed by atoms with Crippen LogP contribution in [-0.2, 0) is 20.7 Å². The lowest BCUT2D eigenvalue weighted by Gasteiger charge is -2.08.